The first-order valence-electron chi connectivity index (χ1n) is 4.62. The highest BCUT2D eigenvalue weighted by atomic mass is 32.2. The Balaban J connectivity index is 2.60. The van der Waals surface area contributed by atoms with E-state index in [2.05, 4.69) is 16.8 Å². The van der Waals surface area contributed by atoms with Gasteiger partial charge in [-0.3, -0.25) is 0 Å². The average molecular weight is 235 g/mol. The van der Waals surface area contributed by atoms with Crippen molar-refractivity contribution in [1.82, 2.24) is 0 Å². The minimum absolute atomic E-state index is 0.166. The molecule has 1 aromatic carbocycles. The van der Waals surface area contributed by atoms with Gasteiger partial charge < -0.3 is 10.8 Å². The summed E-state index contributed by atoms with van der Waals surface area (Å²) in [5.74, 6) is 0.861. The smallest absolute Gasteiger partial charge is 0.180 e. The number of rotatable bonds is 4. The predicted molar refractivity (Wildman–Crippen MR) is 70.0 cm³/mol. The first-order valence-corrected chi connectivity index (χ1v) is 5.61. The van der Waals surface area contributed by atoms with Crippen LogP contribution in [0.15, 0.2) is 47.1 Å². The molecule has 84 valence electrons. The second-order valence-corrected chi connectivity index (χ2v) is 3.88. The number of nitrogens with zero attached hydrogens (tertiary/aromatic N) is 2. The quantitative estimate of drug-likeness (QED) is 0.363. The van der Waals surface area contributed by atoms with Crippen LogP contribution in [0.4, 0.5) is 0 Å². The molecular formula is C11H13N3OS. The molecule has 0 radical (unpaired) electrons. The zero-order chi connectivity index (χ0) is 11.8. The fourth-order valence-electron chi connectivity index (χ4n) is 0.918. The molecule has 4 nitrogen and oxygen atoms in total. The van der Waals surface area contributed by atoms with Crippen LogP contribution in [0.3, 0.4) is 0 Å². The Morgan fingerprint density at radius 2 is 2.25 bits per heavy atom. The lowest BCUT2D eigenvalue weighted by molar-refractivity contribution is 0.474. The summed E-state index contributed by atoms with van der Waals surface area (Å²) < 4.78 is 0. The molecule has 5 heteroatoms. The van der Waals surface area contributed by atoms with Crippen LogP contribution in [0.5, 0.6) is 5.75 Å². The number of phenols is 1. The normalized spacial score (nSPS) is 11.9. The molecule has 0 aliphatic rings. The van der Waals surface area contributed by atoms with E-state index in [0.29, 0.717) is 16.5 Å². The lowest BCUT2D eigenvalue weighted by atomic mass is 10.2. The highest BCUT2D eigenvalue weighted by molar-refractivity contribution is 8.13. The van der Waals surface area contributed by atoms with E-state index in [1.54, 1.807) is 30.3 Å². The number of thioether (sulfide) groups is 1. The zero-order valence-electron chi connectivity index (χ0n) is 8.71. The number of hydrogen-bond donors (Lipinski definition) is 2. The number of phenolic OH excluding ortho intramolecular Hbond substituents is 1. The van der Waals surface area contributed by atoms with Crippen molar-refractivity contribution in [2.45, 2.75) is 0 Å². The molecule has 0 heterocycles. The zero-order valence-corrected chi connectivity index (χ0v) is 9.52. The molecule has 0 spiro atoms. The lowest BCUT2D eigenvalue weighted by Gasteiger charge is -1.95. The van der Waals surface area contributed by atoms with Gasteiger partial charge in [0.15, 0.2) is 5.17 Å². The summed E-state index contributed by atoms with van der Waals surface area (Å²) in [5, 5.41) is 17.3. The Bertz CT molecular complexity index is 415. The van der Waals surface area contributed by atoms with E-state index in [0.717, 1.165) is 0 Å². The first-order chi connectivity index (χ1) is 7.74. The van der Waals surface area contributed by atoms with E-state index < -0.39 is 0 Å². The number of amidine groups is 1. The van der Waals surface area contributed by atoms with Crippen LogP contribution in [0.1, 0.15) is 5.56 Å². The number of hydrogen-bond acceptors (Lipinski definition) is 4. The molecule has 0 amide bonds. The minimum Gasteiger partial charge on any atom is -0.507 e. The monoisotopic (exact) mass is 235 g/mol. The summed E-state index contributed by atoms with van der Waals surface area (Å²) in [4.78, 5) is 0. The van der Waals surface area contributed by atoms with Gasteiger partial charge in [0.1, 0.15) is 5.75 Å². The molecule has 0 fully saturated rings. The Hall–Kier alpha value is -1.75. The van der Waals surface area contributed by atoms with Gasteiger partial charge in [-0.15, -0.1) is 11.7 Å². The highest BCUT2D eigenvalue weighted by Crippen LogP contribution is 2.12. The predicted octanol–water partition coefficient (Wildman–Crippen LogP) is 1.96. The largest absolute Gasteiger partial charge is 0.507 e. The SMILES string of the molecule is C=CCSC(N)=N/N=C/c1ccccc1O. The molecule has 1 rings (SSSR count). The van der Waals surface area contributed by atoms with E-state index in [4.69, 9.17) is 5.73 Å². The molecule has 0 aliphatic carbocycles. The van der Waals surface area contributed by atoms with Gasteiger partial charge in [-0.05, 0) is 12.1 Å². The second-order valence-electron chi connectivity index (χ2n) is 2.84. The fraction of sp³-hybridized carbons (Fsp3) is 0.0909. The maximum Gasteiger partial charge on any atom is 0.180 e. The van der Waals surface area contributed by atoms with E-state index in [-0.39, 0.29) is 5.75 Å². The van der Waals surface area contributed by atoms with Crippen LogP contribution in [0.2, 0.25) is 0 Å². The summed E-state index contributed by atoms with van der Waals surface area (Å²) in [6.07, 6.45) is 3.19. The maximum absolute atomic E-state index is 9.43. The Kier molecular flexibility index (Phi) is 5.15. The van der Waals surface area contributed by atoms with E-state index in [1.165, 1.54) is 18.0 Å². The van der Waals surface area contributed by atoms with Crippen molar-refractivity contribution in [2.75, 3.05) is 5.75 Å². The highest BCUT2D eigenvalue weighted by Gasteiger charge is 1.94. The van der Waals surface area contributed by atoms with Crippen LogP contribution in [-0.4, -0.2) is 22.2 Å². The Morgan fingerprint density at radius 3 is 2.94 bits per heavy atom. The van der Waals surface area contributed by atoms with E-state index in [1.807, 2.05) is 0 Å². The first kappa shape index (κ1) is 12.3. The Morgan fingerprint density at radius 1 is 1.50 bits per heavy atom. The molecule has 0 atom stereocenters. The van der Waals surface area contributed by atoms with Crippen molar-refractivity contribution in [3.63, 3.8) is 0 Å². The standard InChI is InChI=1S/C11H13N3OS/c1-2-7-16-11(12)14-13-8-9-5-3-4-6-10(9)15/h2-6,8,15H,1,7H2,(H2,12,14)/b13-8+. The van der Waals surface area contributed by atoms with E-state index in [9.17, 15) is 5.11 Å². The summed E-state index contributed by atoms with van der Waals surface area (Å²) >= 11 is 1.35. The van der Waals surface area contributed by atoms with Crippen LogP contribution in [0.25, 0.3) is 0 Å². The molecule has 1 aromatic rings. The summed E-state index contributed by atoms with van der Waals surface area (Å²) in [6.45, 7) is 3.57. The average Bonchev–Trinajstić information content (AvgIpc) is 2.29. The minimum atomic E-state index is 0.166. The molecule has 0 unspecified atom stereocenters. The van der Waals surface area contributed by atoms with Gasteiger partial charge in [-0.25, -0.2) is 0 Å². The van der Waals surface area contributed by atoms with Crippen molar-refractivity contribution < 1.29 is 5.11 Å². The number of benzene rings is 1. The Labute approximate surface area is 98.6 Å². The fourth-order valence-corrected chi connectivity index (χ4v) is 1.31. The third kappa shape index (κ3) is 4.18. The second kappa shape index (κ2) is 6.68. The van der Waals surface area contributed by atoms with Gasteiger partial charge in [0.25, 0.3) is 0 Å². The van der Waals surface area contributed by atoms with Crippen molar-refractivity contribution in [3.05, 3.63) is 42.5 Å². The molecule has 0 bridgehead atoms. The molecular weight excluding hydrogens is 222 g/mol. The van der Waals surface area contributed by atoms with Crippen LogP contribution in [-0.2, 0) is 0 Å². The van der Waals surface area contributed by atoms with Crippen LogP contribution >= 0.6 is 11.8 Å². The van der Waals surface area contributed by atoms with Gasteiger partial charge in [-0.1, -0.05) is 30.0 Å². The number of aromatic hydroxyl groups is 1. The molecule has 0 saturated heterocycles. The number of para-hydroxylation sites is 1. The van der Waals surface area contributed by atoms with Crippen molar-refractivity contribution in [1.29, 1.82) is 0 Å². The lowest BCUT2D eigenvalue weighted by Crippen LogP contribution is -2.05. The van der Waals surface area contributed by atoms with Gasteiger partial charge in [0.05, 0.1) is 6.21 Å². The molecule has 0 saturated carbocycles. The van der Waals surface area contributed by atoms with E-state index >= 15 is 0 Å². The molecule has 0 aliphatic heterocycles. The molecule has 0 aromatic heterocycles. The van der Waals surface area contributed by atoms with Gasteiger partial charge in [0, 0.05) is 11.3 Å². The van der Waals surface area contributed by atoms with Crippen molar-refractivity contribution in [3.8, 4) is 5.75 Å². The topological polar surface area (TPSA) is 71.0 Å². The molecule has 3 N–H and O–H groups in total. The third-order valence-electron chi connectivity index (χ3n) is 1.64. The third-order valence-corrected chi connectivity index (χ3v) is 2.42. The summed E-state index contributed by atoms with van der Waals surface area (Å²) in [6, 6.07) is 6.87. The maximum atomic E-state index is 9.43. The summed E-state index contributed by atoms with van der Waals surface area (Å²) in [5.41, 5.74) is 6.16. The van der Waals surface area contributed by atoms with Crippen molar-refractivity contribution in [2.24, 2.45) is 15.9 Å². The number of nitrogens with two attached hydrogens (primary N) is 1. The van der Waals surface area contributed by atoms with Gasteiger partial charge >= 0.3 is 0 Å². The van der Waals surface area contributed by atoms with Gasteiger partial charge in [0.2, 0.25) is 0 Å². The summed E-state index contributed by atoms with van der Waals surface area (Å²) in [7, 11) is 0. The van der Waals surface area contributed by atoms with Crippen molar-refractivity contribution >= 4 is 23.1 Å². The van der Waals surface area contributed by atoms with Gasteiger partial charge in [-0.2, -0.15) is 5.10 Å². The molecule has 16 heavy (non-hydrogen) atoms. The van der Waals surface area contributed by atoms with Crippen LogP contribution < -0.4 is 5.73 Å². The van der Waals surface area contributed by atoms with Crippen LogP contribution in [0, 0.1) is 0 Å².